The number of ether oxygens (including phenoxy) is 1. The monoisotopic (exact) mass is 329 g/mol. The molecule has 0 aliphatic rings. The Bertz CT molecular complexity index is 287. The predicted octanol–water partition coefficient (Wildman–Crippen LogP) is 3.14. The highest BCUT2D eigenvalue weighted by Gasteiger charge is 2.18. The average Bonchev–Trinajstić information content (AvgIpc) is 2.42. The molecule has 0 aromatic rings. The number of carboxylic acid groups (broad SMARTS) is 1. The zero-order valence-electron chi connectivity index (χ0n) is 15.9. The van der Waals surface area contributed by atoms with E-state index < -0.39 is 5.97 Å². The zero-order chi connectivity index (χ0) is 17.6. The first-order valence-electron chi connectivity index (χ1n) is 9.47. The van der Waals surface area contributed by atoms with Crippen LogP contribution in [0.5, 0.6) is 0 Å². The first kappa shape index (κ1) is 22.4. The summed E-state index contributed by atoms with van der Waals surface area (Å²) in [5.74, 6) is -1.02. The summed E-state index contributed by atoms with van der Waals surface area (Å²) in [5.41, 5.74) is 0. The maximum absolute atomic E-state index is 10.8. The molecule has 0 saturated heterocycles. The smallest absolute Gasteiger partial charge is 0.112 e. The number of rotatable bonds is 16. The van der Waals surface area contributed by atoms with E-state index in [2.05, 4.69) is 6.92 Å². The van der Waals surface area contributed by atoms with E-state index in [0.29, 0.717) is 17.6 Å². The van der Waals surface area contributed by atoms with Crippen molar-refractivity contribution in [3.05, 3.63) is 0 Å². The maximum Gasteiger partial charge on any atom is 0.112 e. The summed E-state index contributed by atoms with van der Waals surface area (Å²) in [5, 5.41) is 10.8. The van der Waals surface area contributed by atoms with Crippen LogP contribution in [0, 0.1) is 0 Å². The Morgan fingerprint density at radius 3 is 1.83 bits per heavy atom. The standard InChI is InChI=1S/C19H39NO3/c1-5-6-7-8-9-10-11-12-13-14-15-23-18(16-19(21)22)17-20(2,3)4/h18H,5-17H2,1-4H3. The van der Waals surface area contributed by atoms with E-state index >= 15 is 0 Å². The van der Waals surface area contributed by atoms with Gasteiger partial charge in [0.1, 0.15) is 12.6 Å². The van der Waals surface area contributed by atoms with E-state index in [-0.39, 0.29) is 12.5 Å². The van der Waals surface area contributed by atoms with E-state index in [9.17, 15) is 9.90 Å². The SMILES string of the molecule is CCCCCCCCCCCCOC(CC(=O)[O-])C[N+](C)(C)C. The van der Waals surface area contributed by atoms with Crippen LogP contribution >= 0.6 is 0 Å². The molecule has 0 fully saturated rings. The third-order valence-electron chi connectivity index (χ3n) is 4.00. The average molecular weight is 330 g/mol. The van der Waals surface area contributed by atoms with Crippen LogP contribution in [0.25, 0.3) is 0 Å². The van der Waals surface area contributed by atoms with Gasteiger partial charge in [-0.1, -0.05) is 64.7 Å². The normalized spacial score (nSPS) is 13.2. The molecule has 0 radical (unpaired) electrons. The van der Waals surface area contributed by atoms with Gasteiger partial charge in [0.15, 0.2) is 0 Å². The predicted molar refractivity (Wildman–Crippen MR) is 94.1 cm³/mol. The van der Waals surface area contributed by atoms with Gasteiger partial charge in [0.05, 0.1) is 21.1 Å². The summed E-state index contributed by atoms with van der Waals surface area (Å²) in [7, 11) is 6.14. The highest BCUT2D eigenvalue weighted by molar-refractivity contribution is 5.64. The van der Waals surface area contributed by atoms with Crippen LogP contribution in [0.15, 0.2) is 0 Å². The van der Waals surface area contributed by atoms with Gasteiger partial charge in [0, 0.05) is 19.0 Å². The van der Waals surface area contributed by atoms with Crippen LogP contribution < -0.4 is 5.11 Å². The van der Waals surface area contributed by atoms with Crippen LogP contribution in [-0.2, 0) is 9.53 Å². The van der Waals surface area contributed by atoms with E-state index in [1.165, 1.54) is 57.8 Å². The third-order valence-corrected chi connectivity index (χ3v) is 4.00. The van der Waals surface area contributed by atoms with Gasteiger partial charge in [0.25, 0.3) is 0 Å². The molecule has 0 rings (SSSR count). The number of likely N-dealkylation sites (N-methyl/N-ethyl adjacent to an activating group) is 1. The van der Waals surface area contributed by atoms with Gasteiger partial charge in [-0.3, -0.25) is 0 Å². The zero-order valence-corrected chi connectivity index (χ0v) is 15.9. The fraction of sp³-hybridized carbons (Fsp3) is 0.947. The second-order valence-corrected chi connectivity index (χ2v) is 7.72. The number of hydrogen-bond acceptors (Lipinski definition) is 3. The second-order valence-electron chi connectivity index (χ2n) is 7.72. The van der Waals surface area contributed by atoms with Crippen molar-refractivity contribution < 1.29 is 19.1 Å². The molecule has 0 aromatic carbocycles. The van der Waals surface area contributed by atoms with Crippen molar-refractivity contribution in [3.8, 4) is 0 Å². The number of quaternary nitrogens is 1. The number of nitrogens with zero attached hydrogens (tertiary/aromatic N) is 1. The molecular weight excluding hydrogens is 290 g/mol. The van der Waals surface area contributed by atoms with Gasteiger partial charge < -0.3 is 19.1 Å². The van der Waals surface area contributed by atoms with Crippen molar-refractivity contribution in [2.45, 2.75) is 83.7 Å². The number of aliphatic carboxylic acids is 1. The minimum absolute atomic E-state index is 0.00667. The largest absolute Gasteiger partial charge is 0.550 e. The minimum atomic E-state index is -1.02. The summed E-state index contributed by atoms with van der Waals surface area (Å²) in [4.78, 5) is 10.8. The van der Waals surface area contributed by atoms with Crippen molar-refractivity contribution in [2.75, 3.05) is 34.3 Å². The molecule has 1 atom stereocenters. The first-order valence-corrected chi connectivity index (χ1v) is 9.47. The number of hydrogen-bond donors (Lipinski definition) is 0. The molecular formula is C19H39NO3. The Kier molecular flexibility index (Phi) is 13.4. The molecule has 4 heteroatoms. The summed E-state index contributed by atoms with van der Waals surface area (Å²) < 4.78 is 6.47. The highest BCUT2D eigenvalue weighted by Crippen LogP contribution is 2.11. The van der Waals surface area contributed by atoms with Crippen LogP contribution in [0.4, 0.5) is 0 Å². The molecule has 0 bridgehead atoms. The summed E-state index contributed by atoms with van der Waals surface area (Å²) in [6, 6.07) is 0. The molecule has 0 N–H and O–H groups in total. The van der Waals surface area contributed by atoms with Crippen LogP contribution in [0.2, 0.25) is 0 Å². The molecule has 0 aliphatic heterocycles. The van der Waals surface area contributed by atoms with Crippen molar-refractivity contribution in [2.24, 2.45) is 0 Å². The molecule has 0 saturated carbocycles. The van der Waals surface area contributed by atoms with Crippen molar-refractivity contribution in [1.82, 2.24) is 0 Å². The van der Waals surface area contributed by atoms with Gasteiger partial charge in [-0.25, -0.2) is 0 Å². The van der Waals surface area contributed by atoms with Crippen LogP contribution in [-0.4, -0.2) is 50.9 Å². The Morgan fingerprint density at radius 1 is 0.913 bits per heavy atom. The number of unbranched alkanes of at least 4 members (excludes halogenated alkanes) is 9. The first-order chi connectivity index (χ1) is 10.8. The Labute approximate surface area is 143 Å². The quantitative estimate of drug-likeness (QED) is 0.323. The molecule has 138 valence electrons. The Morgan fingerprint density at radius 2 is 1.39 bits per heavy atom. The van der Waals surface area contributed by atoms with E-state index in [0.717, 1.165) is 6.42 Å². The number of carbonyl (C=O) groups excluding carboxylic acids is 1. The van der Waals surface area contributed by atoms with Gasteiger partial charge in [0.2, 0.25) is 0 Å². The van der Waals surface area contributed by atoms with E-state index in [4.69, 9.17) is 4.74 Å². The molecule has 0 amide bonds. The summed E-state index contributed by atoms with van der Waals surface area (Å²) in [6.45, 7) is 3.61. The van der Waals surface area contributed by atoms with Gasteiger partial charge in [-0.2, -0.15) is 0 Å². The molecule has 0 spiro atoms. The van der Waals surface area contributed by atoms with Gasteiger partial charge in [-0.05, 0) is 6.42 Å². The second kappa shape index (κ2) is 13.8. The molecule has 1 unspecified atom stereocenters. The fourth-order valence-corrected chi connectivity index (χ4v) is 2.81. The summed E-state index contributed by atoms with van der Waals surface area (Å²) in [6.07, 6.45) is 12.7. The molecule has 0 heterocycles. The minimum Gasteiger partial charge on any atom is -0.550 e. The Hall–Kier alpha value is -0.610. The lowest BCUT2D eigenvalue weighted by atomic mass is 10.1. The Balaban J connectivity index is 3.57. The van der Waals surface area contributed by atoms with E-state index in [1.54, 1.807) is 0 Å². The molecule has 0 aliphatic carbocycles. The van der Waals surface area contributed by atoms with E-state index in [1.807, 2.05) is 21.1 Å². The van der Waals surface area contributed by atoms with Crippen LogP contribution in [0.3, 0.4) is 0 Å². The van der Waals surface area contributed by atoms with Crippen molar-refractivity contribution >= 4 is 5.97 Å². The van der Waals surface area contributed by atoms with Gasteiger partial charge in [-0.15, -0.1) is 0 Å². The fourth-order valence-electron chi connectivity index (χ4n) is 2.81. The third kappa shape index (κ3) is 17.6. The highest BCUT2D eigenvalue weighted by atomic mass is 16.5. The van der Waals surface area contributed by atoms with Gasteiger partial charge >= 0.3 is 0 Å². The lowest BCUT2D eigenvalue weighted by molar-refractivity contribution is -0.873. The lowest BCUT2D eigenvalue weighted by Crippen LogP contribution is -2.44. The number of carboxylic acids is 1. The maximum atomic E-state index is 10.8. The molecule has 4 nitrogen and oxygen atoms in total. The van der Waals surface area contributed by atoms with Crippen molar-refractivity contribution in [1.29, 1.82) is 0 Å². The van der Waals surface area contributed by atoms with Crippen molar-refractivity contribution in [3.63, 3.8) is 0 Å². The summed E-state index contributed by atoms with van der Waals surface area (Å²) >= 11 is 0. The molecule has 23 heavy (non-hydrogen) atoms. The topological polar surface area (TPSA) is 49.4 Å². The van der Waals surface area contributed by atoms with Crippen LogP contribution in [0.1, 0.15) is 77.6 Å². The lowest BCUT2D eigenvalue weighted by Gasteiger charge is -2.29. The number of carbonyl (C=O) groups is 1. The molecule has 0 aromatic heterocycles.